The van der Waals surface area contributed by atoms with Crippen molar-refractivity contribution in [2.45, 2.75) is 25.3 Å². The molecule has 1 aromatic rings. The van der Waals surface area contributed by atoms with Crippen LogP contribution in [0, 0.1) is 0 Å². The van der Waals surface area contributed by atoms with E-state index in [4.69, 9.17) is 14.6 Å². The summed E-state index contributed by atoms with van der Waals surface area (Å²) >= 11 is 3.34. The Bertz CT molecular complexity index is 522. The van der Waals surface area contributed by atoms with Gasteiger partial charge in [-0.2, -0.15) is 0 Å². The van der Waals surface area contributed by atoms with Crippen molar-refractivity contribution in [3.8, 4) is 5.75 Å². The summed E-state index contributed by atoms with van der Waals surface area (Å²) in [5.74, 6) is -0.766. The van der Waals surface area contributed by atoms with Gasteiger partial charge in [0.1, 0.15) is 5.75 Å². The monoisotopic (exact) mass is 373 g/mol. The van der Waals surface area contributed by atoms with Crippen molar-refractivity contribution >= 4 is 27.8 Å². The number of hydrogen-bond donors (Lipinski definition) is 2. The minimum Gasteiger partial charge on any atom is -0.494 e. The average Bonchev–Trinajstić information content (AvgIpc) is 2.43. The van der Waals surface area contributed by atoms with Crippen molar-refractivity contribution in [2.24, 2.45) is 0 Å². The number of hydrogen-bond acceptors (Lipinski definition) is 4. The van der Waals surface area contributed by atoms with Crippen LogP contribution >= 0.6 is 15.9 Å². The van der Waals surface area contributed by atoms with Gasteiger partial charge in [-0.1, -0.05) is 22.0 Å². The van der Waals surface area contributed by atoms with Gasteiger partial charge in [-0.15, -0.1) is 0 Å². The molecule has 0 bridgehead atoms. The van der Waals surface area contributed by atoms with Crippen molar-refractivity contribution in [1.82, 2.24) is 5.32 Å². The molecule has 1 amide bonds. The lowest BCUT2D eigenvalue weighted by atomic mass is 10.0. The normalized spacial score (nSPS) is 13.2. The topological polar surface area (TPSA) is 84.9 Å². The third-order valence-corrected chi connectivity index (χ3v) is 3.43. The predicted molar refractivity (Wildman–Crippen MR) is 84.9 cm³/mol. The number of carboxylic acids is 1. The molecular weight excluding hydrogens is 354 g/mol. The second-order valence-corrected chi connectivity index (χ2v) is 5.94. The summed E-state index contributed by atoms with van der Waals surface area (Å²) in [6.45, 7) is 1.69. The molecular formula is C15H20BrNO5. The maximum atomic E-state index is 11.8. The van der Waals surface area contributed by atoms with E-state index >= 15 is 0 Å². The molecule has 1 unspecified atom stereocenters. The third kappa shape index (κ3) is 6.03. The maximum Gasteiger partial charge on any atom is 0.331 e. The van der Waals surface area contributed by atoms with Crippen LogP contribution in [0.15, 0.2) is 28.7 Å². The molecule has 0 heterocycles. The number of benzene rings is 1. The highest BCUT2D eigenvalue weighted by Crippen LogP contribution is 2.17. The smallest absolute Gasteiger partial charge is 0.331 e. The summed E-state index contributed by atoms with van der Waals surface area (Å²) in [7, 11) is 1.39. The van der Waals surface area contributed by atoms with E-state index < -0.39 is 11.5 Å². The molecule has 0 fully saturated rings. The fourth-order valence-electron chi connectivity index (χ4n) is 1.79. The number of carbonyl (C=O) groups is 2. The second kappa shape index (κ2) is 8.75. The van der Waals surface area contributed by atoms with E-state index in [9.17, 15) is 9.59 Å². The quantitative estimate of drug-likeness (QED) is 0.648. The first-order chi connectivity index (χ1) is 10.4. The van der Waals surface area contributed by atoms with Crippen LogP contribution in [-0.2, 0) is 14.3 Å². The molecule has 0 spiro atoms. The molecule has 122 valence electrons. The maximum absolute atomic E-state index is 11.8. The summed E-state index contributed by atoms with van der Waals surface area (Å²) in [6.07, 6.45) is 0.668. The molecule has 2 N–H and O–H groups in total. The Balaban J connectivity index is 2.35. The molecule has 0 aliphatic carbocycles. The molecule has 0 radical (unpaired) electrons. The number of carbonyl (C=O) groups excluding carboxylic acids is 1. The zero-order valence-electron chi connectivity index (χ0n) is 12.6. The number of carboxylic acid groups (broad SMARTS) is 1. The zero-order valence-corrected chi connectivity index (χ0v) is 14.2. The molecule has 0 aromatic heterocycles. The average molecular weight is 374 g/mol. The molecule has 0 saturated carbocycles. The van der Waals surface area contributed by atoms with Gasteiger partial charge >= 0.3 is 5.97 Å². The van der Waals surface area contributed by atoms with E-state index in [-0.39, 0.29) is 18.9 Å². The van der Waals surface area contributed by atoms with Crippen LogP contribution in [-0.4, -0.2) is 42.8 Å². The highest BCUT2D eigenvalue weighted by molar-refractivity contribution is 9.10. The summed E-state index contributed by atoms with van der Waals surface area (Å²) in [6, 6.07) is 7.41. The van der Waals surface area contributed by atoms with Gasteiger partial charge in [0.2, 0.25) is 5.91 Å². The Morgan fingerprint density at radius 2 is 2.14 bits per heavy atom. The number of methoxy groups -OCH3 is 1. The SMILES string of the molecule is COCC(C)(NC(=O)CCCOc1cccc(Br)c1)C(=O)O. The summed E-state index contributed by atoms with van der Waals surface area (Å²) in [4.78, 5) is 23.0. The summed E-state index contributed by atoms with van der Waals surface area (Å²) in [5, 5.41) is 11.6. The first-order valence-electron chi connectivity index (χ1n) is 6.79. The van der Waals surface area contributed by atoms with Crippen molar-refractivity contribution in [3.63, 3.8) is 0 Å². The van der Waals surface area contributed by atoms with E-state index in [1.54, 1.807) is 0 Å². The fraction of sp³-hybridized carbons (Fsp3) is 0.467. The molecule has 0 aliphatic rings. The highest BCUT2D eigenvalue weighted by atomic mass is 79.9. The number of halogens is 1. The number of ether oxygens (including phenoxy) is 2. The van der Waals surface area contributed by atoms with Crippen LogP contribution in [0.3, 0.4) is 0 Å². The van der Waals surface area contributed by atoms with Gasteiger partial charge in [-0.25, -0.2) is 4.79 Å². The summed E-state index contributed by atoms with van der Waals surface area (Å²) in [5.41, 5.74) is -1.42. The van der Waals surface area contributed by atoms with Crippen LogP contribution in [0.2, 0.25) is 0 Å². The molecule has 7 heteroatoms. The Morgan fingerprint density at radius 1 is 1.41 bits per heavy atom. The van der Waals surface area contributed by atoms with Crippen LogP contribution < -0.4 is 10.1 Å². The number of aliphatic carboxylic acids is 1. The first-order valence-corrected chi connectivity index (χ1v) is 7.58. The van der Waals surface area contributed by atoms with Gasteiger partial charge in [-0.05, 0) is 31.5 Å². The minimum atomic E-state index is -1.42. The van der Waals surface area contributed by atoms with Gasteiger partial charge in [0, 0.05) is 18.0 Å². The van der Waals surface area contributed by atoms with Crippen molar-refractivity contribution in [2.75, 3.05) is 20.3 Å². The van der Waals surface area contributed by atoms with E-state index in [2.05, 4.69) is 21.2 Å². The van der Waals surface area contributed by atoms with Gasteiger partial charge in [0.25, 0.3) is 0 Å². The number of amides is 1. The van der Waals surface area contributed by atoms with Gasteiger partial charge in [-0.3, -0.25) is 4.79 Å². The second-order valence-electron chi connectivity index (χ2n) is 5.03. The van der Waals surface area contributed by atoms with E-state index in [1.165, 1.54) is 14.0 Å². The summed E-state index contributed by atoms with van der Waals surface area (Å²) < 4.78 is 11.3. The van der Waals surface area contributed by atoms with Crippen molar-refractivity contribution in [3.05, 3.63) is 28.7 Å². The van der Waals surface area contributed by atoms with Gasteiger partial charge in [0.15, 0.2) is 5.54 Å². The lowest BCUT2D eigenvalue weighted by Gasteiger charge is -2.25. The molecule has 0 saturated heterocycles. The Labute approximate surface area is 137 Å². The lowest BCUT2D eigenvalue weighted by molar-refractivity contribution is -0.149. The first kappa shape index (κ1) is 18.4. The minimum absolute atomic E-state index is 0.0946. The predicted octanol–water partition coefficient (Wildman–Crippen LogP) is 2.21. The molecule has 6 nitrogen and oxygen atoms in total. The van der Waals surface area contributed by atoms with E-state index in [0.717, 1.165) is 4.47 Å². The van der Waals surface area contributed by atoms with Crippen LogP contribution in [0.1, 0.15) is 19.8 Å². The lowest BCUT2D eigenvalue weighted by Crippen LogP contribution is -2.55. The van der Waals surface area contributed by atoms with Crippen molar-refractivity contribution < 1.29 is 24.2 Å². The largest absolute Gasteiger partial charge is 0.494 e. The molecule has 0 aliphatic heterocycles. The van der Waals surface area contributed by atoms with Gasteiger partial charge < -0.3 is 19.9 Å². The Hall–Kier alpha value is -1.60. The highest BCUT2D eigenvalue weighted by Gasteiger charge is 2.34. The molecule has 1 rings (SSSR count). The van der Waals surface area contributed by atoms with Crippen LogP contribution in [0.5, 0.6) is 5.75 Å². The molecule has 1 atom stereocenters. The Kier molecular flexibility index (Phi) is 7.34. The standard InChI is InChI=1S/C15H20BrNO5/c1-15(10-21-2,14(19)20)17-13(18)7-4-8-22-12-6-3-5-11(16)9-12/h3,5-6,9H,4,7-8,10H2,1-2H3,(H,17,18)(H,19,20). The van der Waals surface area contributed by atoms with Crippen LogP contribution in [0.4, 0.5) is 0 Å². The van der Waals surface area contributed by atoms with E-state index in [0.29, 0.717) is 18.8 Å². The third-order valence-electron chi connectivity index (χ3n) is 2.93. The fourth-order valence-corrected chi connectivity index (χ4v) is 2.17. The number of rotatable bonds is 9. The Morgan fingerprint density at radius 3 is 2.73 bits per heavy atom. The number of nitrogens with one attached hydrogen (secondary N) is 1. The molecule has 22 heavy (non-hydrogen) atoms. The van der Waals surface area contributed by atoms with E-state index in [1.807, 2.05) is 24.3 Å². The van der Waals surface area contributed by atoms with Gasteiger partial charge in [0.05, 0.1) is 13.2 Å². The molecule has 1 aromatic carbocycles. The van der Waals surface area contributed by atoms with Crippen LogP contribution in [0.25, 0.3) is 0 Å². The zero-order chi connectivity index (χ0) is 16.6. The van der Waals surface area contributed by atoms with Crippen molar-refractivity contribution in [1.29, 1.82) is 0 Å².